The number of allylic oxidation sites excluding steroid dienone is 3. The topological polar surface area (TPSA) is 3.24 Å². The molecule has 0 atom stereocenters. The summed E-state index contributed by atoms with van der Waals surface area (Å²) in [6, 6.07) is 1.47. The van der Waals surface area contributed by atoms with Crippen LogP contribution in [0, 0.1) is 23.5 Å². The third kappa shape index (κ3) is 4.17. The van der Waals surface area contributed by atoms with Gasteiger partial charge >= 0.3 is 0 Å². The Kier molecular flexibility index (Phi) is 7.20. The van der Waals surface area contributed by atoms with Gasteiger partial charge in [-0.05, 0) is 5.70 Å². The van der Waals surface area contributed by atoms with Crippen molar-refractivity contribution >= 4 is 28.3 Å². The van der Waals surface area contributed by atoms with Crippen LogP contribution in [0.3, 0.4) is 0 Å². The molecule has 0 aromatic heterocycles. The second kappa shape index (κ2) is 8.01. The van der Waals surface area contributed by atoms with Crippen LogP contribution in [-0.4, -0.2) is 17.9 Å². The van der Waals surface area contributed by atoms with E-state index in [1.54, 1.807) is 0 Å². The van der Waals surface area contributed by atoms with Gasteiger partial charge < -0.3 is 4.90 Å². The van der Waals surface area contributed by atoms with Gasteiger partial charge in [0.25, 0.3) is 6.43 Å². The van der Waals surface area contributed by atoms with E-state index in [-0.39, 0.29) is 49.7 Å². The average Bonchev–Trinajstić information content (AvgIpc) is 2.40. The van der Waals surface area contributed by atoms with Gasteiger partial charge in [0, 0.05) is 32.7 Å². The van der Waals surface area contributed by atoms with Crippen LogP contribution in [-0.2, 0) is 32.7 Å². The van der Waals surface area contributed by atoms with E-state index in [4.69, 9.17) is 0 Å². The molecular weight excluding hydrogens is 493 g/mol. The zero-order valence-electron chi connectivity index (χ0n) is 11.0. The van der Waals surface area contributed by atoms with E-state index in [1.165, 1.54) is 6.08 Å². The minimum absolute atomic E-state index is 0. The predicted octanol–water partition coefficient (Wildman–Crippen LogP) is 4.66. The number of nitrogens with zero attached hydrogens (tertiary/aromatic N) is 1. The zero-order valence-corrected chi connectivity index (χ0v) is 16.0. The summed E-state index contributed by atoms with van der Waals surface area (Å²) >= 11 is 1.88. The van der Waals surface area contributed by atoms with Gasteiger partial charge in [0.2, 0.25) is 0 Å². The second-order valence-electron chi connectivity index (χ2n) is 4.19. The fourth-order valence-corrected chi connectivity index (χ4v) is 2.27. The first-order chi connectivity index (χ1) is 9.81. The smallest absolute Gasteiger partial charge is 0.256 e. The van der Waals surface area contributed by atoms with Crippen LogP contribution in [0.4, 0.5) is 22.0 Å². The van der Waals surface area contributed by atoms with Crippen molar-refractivity contribution in [2.75, 3.05) is 6.54 Å². The minimum Gasteiger partial charge on any atom is -0.369 e. The molecule has 0 unspecified atom stereocenters. The van der Waals surface area contributed by atoms with Crippen molar-refractivity contribution in [3.8, 4) is 0 Å². The molecule has 1 aromatic rings. The fourth-order valence-electron chi connectivity index (χ4n) is 1.83. The third-order valence-electron chi connectivity index (χ3n) is 2.78. The molecule has 1 nitrogen and oxygen atoms in total. The molecule has 1 heterocycles. The number of alkyl halides is 2. The summed E-state index contributed by atoms with van der Waals surface area (Å²) in [7, 11) is 0. The normalized spacial score (nSPS) is 14.7. The Bertz CT molecular complexity index is 634. The van der Waals surface area contributed by atoms with Crippen LogP contribution in [0.1, 0.15) is 5.56 Å². The first-order valence-corrected chi connectivity index (χ1v) is 6.78. The van der Waals surface area contributed by atoms with Crippen molar-refractivity contribution < 1.29 is 54.7 Å². The van der Waals surface area contributed by atoms with Crippen LogP contribution in [0.15, 0.2) is 34.1 Å². The first kappa shape index (κ1) is 19.8. The molecular formula is C14H8F5INY-. The van der Waals surface area contributed by atoms with Crippen LogP contribution in [0.5, 0.6) is 0 Å². The zero-order chi connectivity index (χ0) is 15.7. The molecule has 0 aliphatic carbocycles. The van der Waals surface area contributed by atoms with Crippen LogP contribution in [0.2, 0.25) is 0 Å². The van der Waals surface area contributed by atoms with E-state index in [9.17, 15) is 22.0 Å². The molecule has 22 heavy (non-hydrogen) atoms. The Labute approximate surface area is 163 Å². The average molecular weight is 501 g/mol. The van der Waals surface area contributed by atoms with E-state index < -0.39 is 30.4 Å². The van der Waals surface area contributed by atoms with Gasteiger partial charge in [-0.2, -0.15) is 12.2 Å². The Balaban J connectivity index is 0.00000242. The van der Waals surface area contributed by atoms with Crippen molar-refractivity contribution in [2.24, 2.45) is 0 Å². The fraction of sp³-hybridized carbons (Fsp3) is 0.143. The van der Waals surface area contributed by atoms with Gasteiger partial charge in [0.15, 0.2) is 17.5 Å². The number of halogens is 6. The quantitative estimate of drug-likeness (QED) is 0.252. The Morgan fingerprint density at radius 2 is 1.73 bits per heavy atom. The number of hydrogen-bond donors (Lipinski definition) is 0. The molecule has 8 heteroatoms. The molecule has 0 fully saturated rings. The van der Waals surface area contributed by atoms with Crippen molar-refractivity contribution in [1.29, 1.82) is 0 Å². The summed E-state index contributed by atoms with van der Waals surface area (Å²) in [6.45, 7) is 2.96. The Hall–Kier alpha value is -0.276. The monoisotopic (exact) mass is 501 g/mol. The van der Waals surface area contributed by atoms with Crippen molar-refractivity contribution in [3.05, 3.63) is 63.2 Å². The molecule has 0 bridgehead atoms. The number of rotatable bonds is 3. The summed E-state index contributed by atoms with van der Waals surface area (Å²) in [4.78, 5) is 1.10. The molecule has 0 spiro atoms. The third-order valence-corrected chi connectivity index (χ3v) is 3.72. The molecule has 0 saturated heterocycles. The van der Waals surface area contributed by atoms with Gasteiger partial charge in [-0.15, -0.1) is 22.6 Å². The minimum atomic E-state index is -2.68. The molecule has 1 aliphatic heterocycles. The molecule has 115 valence electrons. The molecule has 0 saturated carbocycles. The summed E-state index contributed by atoms with van der Waals surface area (Å²) in [5.41, 5.74) is 0.182. The number of benzene rings is 1. The van der Waals surface area contributed by atoms with Crippen LogP contribution >= 0.6 is 22.6 Å². The van der Waals surface area contributed by atoms with E-state index in [0.717, 1.165) is 17.0 Å². The van der Waals surface area contributed by atoms with Gasteiger partial charge in [0.1, 0.15) is 0 Å². The second-order valence-corrected chi connectivity index (χ2v) is 5.35. The number of hydrogen-bond acceptors (Lipinski definition) is 1. The van der Waals surface area contributed by atoms with Gasteiger partial charge in [-0.3, -0.25) is 0 Å². The van der Waals surface area contributed by atoms with Gasteiger partial charge in [-0.25, -0.2) is 22.0 Å². The van der Waals surface area contributed by atoms with Crippen LogP contribution in [0.25, 0.3) is 5.70 Å². The molecule has 0 amide bonds. The van der Waals surface area contributed by atoms with Crippen molar-refractivity contribution in [3.63, 3.8) is 0 Å². The molecule has 1 radical (unpaired) electrons. The van der Waals surface area contributed by atoms with E-state index >= 15 is 0 Å². The molecule has 2 rings (SSSR count). The predicted molar refractivity (Wildman–Crippen MR) is 76.9 cm³/mol. The summed E-state index contributed by atoms with van der Waals surface area (Å²) in [5, 5.41) is 0. The maximum atomic E-state index is 13.3. The summed E-state index contributed by atoms with van der Waals surface area (Å²) in [5.74, 6) is -4.41. The van der Waals surface area contributed by atoms with E-state index in [0.29, 0.717) is 3.58 Å². The Morgan fingerprint density at radius 3 is 2.23 bits per heavy atom. The summed E-state index contributed by atoms with van der Waals surface area (Å²) < 4.78 is 65.5. The van der Waals surface area contributed by atoms with E-state index in [2.05, 4.69) is 12.7 Å². The molecule has 1 aliphatic rings. The standard InChI is InChI=1S/C14H8F5IN.Y/c1-7-11(20)2-3-12(21(7)6-13(17)18)8-4-9(15)14(19)10(16)5-8;/h2,4-5,13H,1,6H2;/q-1;. The molecule has 0 N–H and O–H groups in total. The molecule has 1 aromatic carbocycles. The van der Waals surface area contributed by atoms with Crippen molar-refractivity contribution in [2.45, 2.75) is 6.43 Å². The summed E-state index contributed by atoms with van der Waals surface area (Å²) in [6.07, 6.45) is 1.44. The van der Waals surface area contributed by atoms with Crippen LogP contribution < -0.4 is 0 Å². The van der Waals surface area contributed by atoms with E-state index in [1.807, 2.05) is 22.6 Å². The maximum Gasteiger partial charge on any atom is 0.256 e. The van der Waals surface area contributed by atoms with Gasteiger partial charge in [0.05, 0.1) is 6.54 Å². The SMILES string of the molecule is C=C1C(I)=C[C-]=C(c2cc(F)c(F)c(F)c2)N1CC(F)F.[Y]. The largest absolute Gasteiger partial charge is 0.369 e. The Morgan fingerprint density at radius 1 is 1.18 bits per heavy atom. The van der Waals surface area contributed by atoms with Crippen molar-refractivity contribution in [1.82, 2.24) is 4.90 Å². The van der Waals surface area contributed by atoms with Gasteiger partial charge in [-0.1, -0.05) is 33.6 Å². The maximum absolute atomic E-state index is 13.3. The first-order valence-electron chi connectivity index (χ1n) is 5.70.